The minimum atomic E-state index is -1.03. The molecule has 0 fully saturated rings. The average molecular weight is 353 g/mol. The van der Waals surface area contributed by atoms with Gasteiger partial charge in [-0.3, -0.25) is 24.1 Å². The van der Waals surface area contributed by atoms with E-state index in [1.165, 1.54) is 0 Å². The lowest BCUT2D eigenvalue weighted by molar-refractivity contribution is -0.161. The summed E-state index contributed by atoms with van der Waals surface area (Å²) in [6, 6.07) is 0. The van der Waals surface area contributed by atoms with Crippen LogP contribution in [0.4, 0.5) is 0 Å². The Bertz CT molecular complexity index is 609. The van der Waals surface area contributed by atoms with Crippen molar-refractivity contribution in [3.05, 3.63) is 11.1 Å². The fourth-order valence-corrected chi connectivity index (χ4v) is 2.85. The second-order valence-electron chi connectivity index (χ2n) is 7.43. The maximum Gasteiger partial charge on any atom is 0.311 e. The molecule has 0 saturated heterocycles. The molecule has 0 radical (unpaired) electrons. The van der Waals surface area contributed by atoms with Crippen molar-refractivity contribution in [3.8, 4) is 0 Å². The van der Waals surface area contributed by atoms with Gasteiger partial charge >= 0.3 is 11.9 Å². The molecule has 1 rings (SSSR count). The molecule has 1 aliphatic heterocycles. The number of hydrogen-bond donors (Lipinski definition) is 1. The number of nitrogens with zero attached hydrogens (tertiary/aromatic N) is 1. The number of imide groups is 1. The second-order valence-corrected chi connectivity index (χ2v) is 7.43. The lowest BCUT2D eigenvalue weighted by Crippen LogP contribution is -2.39. The summed E-state index contributed by atoms with van der Waals surface area (Å²) in [7, 11) is 0. The summed E-state index contributed by atoms with van der Waals surface area (Å²) in [6.45, 7) is 9.67. The van der Waals surface area contributed by atoms with E-state index < -0.39 is 22.8 Å². The lowest BCUT2D eigenvalue weighted by Gasteiger charge is -2.32. The number of esters is 1. The first-order valence-corrected chi connectivity index (χ1v) is 8.31. The third kappa shape index (κ3) is 4.27. The molecule has 25 heavy (non-hydrogen) atoms. The Labute approximate surface area is 148 Å². The van der Waals surface area contributed by atoms with E-state index in [1.54, 1.807) is 41.5 Å². The van der Waals surface area contributed by atoms with Gasteiger partial charge in [-0.15, -0.1) is 0 Å². The molecular weight excluding hydrogens is 326 g/mol. The maximum absolute atomic E-state index is 12.3. The van der Waals surface area contributed by atoms with Gasteiger partial charge in [0.2, 0.25) is 0 Å². The minimum Gasteiger partial charge on any atom is -0.481 e. The summed E-state index contributed by atoms with van der Waals surface area (Å²) in [4.78, 5) is 48.7. The molecule has 1 N–H and O–H groups in total. The average Bonchev–Trinajstić information content (AvgIpc) is 2.71. The highest BCUT2D eigenvalue weighted by Gasteiger charge is 2.42. The molecule has 1 heterocycles. The monoisotopic (exact) mass is 353 g/mol. The van der Waals surface area contributed by atoms with E-state index in [-0.39, 0.29) is 31.4 Å². The number of carbonyl (C=O) groups excluding carboxylic acids is 3. The molecule has 0 aromatic carbocycles. The van der Waals surface area contributed by atoms with Gasteiger partial charge < -0.3 is 9.84 Å². The first-order chi connectivity index (χ1) is 11.4. The van der Waals surface area contributed by atoms with Crippen molar-refractivity contribution < 1.29 is 29.0 Å². The highest BCUT2D eigenvalue weighted by molar-refractivity contribution is 6.18. The van der Waals surface area contributed by atoms with Gasteiger partial charge in [0.05, 0.1) is 17.4 Å². The first-order valence-electron chi connectivity index (χ1n) is 8.31. The Morgan fingerprint density at radius 1 is 1.08 bits per heavy atom. The molecule has 0 aromatic rings. The van der Waals surface area contributed by atoms with Gasteiger partial charge in [0.25, 0.3) is 11.8 Å². The fraction of sp³-hybridized carbons (Fsp3) is 0.667. The zero-order valence-electron chi connectivity index (χ0n) is 15.8. The molecule has 0 bridgehead atoms. The van der Waals surface area contributed by atoms with E-state index in [0.29, 0.717) is 17.6 Å². The molecule has 0 spiro atoms. The van der Waals surface area contributed by atoms with Crippen LogP contribution in [0.25, 0.3) is 0 Å². The fourth-order valence-electron chi connectivity index (χ4n) is 2.85. The number of rotatable bonds is 8. The summed E-state index contributed by atoms with van der Waals surface area (Å²) in [5.41, 5.74) is -1.22. The number of carboxylic acid groups (broad SMARTS) is 1. The Kier molecular flexibility index (Phi) is 6.15. The number of hydrogen-bond acceptors (Lipinski definition) is 5. The van der Waals surface area contributed by atoms with Crippen LogP contribution in [-0.4, -0.2) is 46.9 Å². The third-order valence-electron chi connectivity index (χ3n) is 4.92. The van der Waals surface area contributed by atoms with Crippen molar-refractivity contribution in [2.75, 3.05) is 13.2 Å². The Hall–Kier alpha value is -2.18. The van der Waals surface area contributed by atoms with Crippen LogP contribution in [0.15, 0.2) is 11.1 Å². The van der Waals surface area contributed by atoms with Crippen molar-refractivity contribution in [2.24, 2.45) is 10.8 Å². The van der Waals surface area contributed by atoms with E-state index in [9.17, 15) is 24.3 Å². The number of ether oxygens (including phenoxy) is 1. The van der Waals surface area contributed by atoms with Crippen molar-refractivity contribution in [2.45, 2.75) is 54.4 Å². The molecule has 1 unspecified atom stereocenters. The van der Waals surface area contributed by atoms with Crippen molar-refractivity contribution in [1.29, 1.82) is 0 Å². The second kappa shape index (κ2) is 7.37. The number of carbonyl (C=O) groups is 4. The Balaban J connectivity index is 2.64. The van der Waals surface area contributed by atoms with Gasteiger partial charge in [-0.05, 0) is 47.5 Å². The molecule has 1 aliphatic rings. The smallest absolute Gasteiger partial charge is 0.311 e. The number of amides is 2. The van der Waals surface area contributed by atoms with Gasteiger partial charge in [-0.2, -0.15) is 0 Å². The largest absolute Gasteiger partial charge is 0.481 e. The predicted octanol–water partition coefficient (Wildman–Crippen LogP) is 2.15. The molecule has 140 valence electrons. The summed E-state index contributed by atoms with van der Waals surface area (Å²) in [6.07, 6.45) is 0.520. The number of carboxylic acids is 1. The molecule has 2 amide bonds. The van der Waals surface area contributed by atoms with E-state index in [4.69, 9.17) is 4.74 Å². The van der Waals surface area contributed by atoms with Crippen molar-refractivity contribution in [1.82, 2.24) is 4.90 Å². The van der Waals surface area contributed by atoms with Gasteiger partial charge in [-0.25, -0.2) is 0 Å². The van der Waals surface area contributed by atoms with Crippen LogP contribution in [0, 0.1) is 10.8 Å². The molecule has 0 aliphatic carbocycles. The zero-order chi connectivity index (χ0) is 19.6. The van der Waals surface area contributed by atoms with E-state index in [0.717, 1.165) is 4.90 Å². The Morgan fingerprint density at radius 2 is 1.56 bits per heavy atom. The van der Waals surface area contributed by atoms with Crippen LogP contribution in [-0.2, 0) is 23.9 Å². The van der Waals surface area contributed by atoms with Crippen LogP contribution in [0.5, 0.6) is 0 Å². The van der Waals surface area contributed by atoms with Gasteiger partial charge in [0.15, 0.2) is 0 Å². The van der Waals surface area contributed by atoms with E-state index >= 15 is 0 Å². The summed E-state index contributed by atoms with van der Waals surface area (Å²) < 4.78 is 5.21. The zero-order valence-corrected chi connectivity index (χ0v) is 15.8. The maximum atomic E-state index is 12.3. The summed E-state index contributed by atoms with van der Waals surface area (Å²) in [5.74, 6) is -2.25. The quantitative estimate of drug-likeness (QED) is 0.530. The van der Waals surface area contributed by atoms with E-state index in [2.05, 4.69) is 0 Å². The van der Waals surface area contributed by atoms with Gasteiger partial charge in [0, 0.05) is 11.1 Å². The van der Waals surface area contributed by atoms with Crippen LogP contribution in [0.1, 0.15) is 54.4 Å². The summed E-state index contributed by atoms with van der Waals surface area (Å²) >= 11 is 0. The number of aliphatic carboxylic acids is 1. The van der Waals surface area contributed by atoms with Gasteiger partial charge in [0.1, 0.15) is 6.61 Å². The molecule has 0 aromatic heterocycles. The van der Waals surface area contributed by atoms with E-state index in [1.807, 2.05) is 0 Å². The summed E-state index contributed by atoms with van der Waals surface area (Å²) in [5, 5.41) is 9.37. The Morgan fingerprint density at radius 3 is 1.96 bits per heavy atom. The highest BCUT2D eigenvalue weighted by Crippen LogP contribution is 2.37. The topological polar surface area (TPSA) is 101 Å². The predicted molar refractivity (Wildman–Crippen MR) is 90.5 cm³/mol. The normalized spacial score (nSPS) is 17.8. The van der Waals surface area contributed by atoms with Crippen molar-refractivity contribution in [3.63, 3.8) is 0 Å². The highest BCUT2D eigenvalue weighted by atomic mass is 16.5. The molecular formula is C18H27NO6. The first kappa shape index (κ1) is 20.9. The molecule has 0 saturated carbocycles. The standard InChI is InChI=1S/C18H27NO6/c1-7-18(6,15(22)23)10-17(4,5)16(24)25-9-8-19-13(20)11(2)12(3)14(19)21/h7-10H2,1-6H3,(H,22,23). The minimum absolute atomic E-state index is 0.0157. The van der Waals surface area contributed by atoms with Crippen LogP contribution in [0.3, 0.4) is 0 Å². The molecule has 7 nitrogen and oxygen atoms in total. The van der Waals surface area contributed by atoms with Crippen LogP contribution in [0.2, 0.25) is 0 Å². The molecule has 7 heteroatoms. The van der Waals surface area contributed by atoms with Gasteiger partial charge in [-0.1, -0.05) is 6.92 Å². The van der Waals surface area contributed by atoms with Crippen molar-refractivity contribution >= 4 is 23.8 Å². The lowest BCUT2D eigenvalue weighted by atomic mass is 9.72. The molecule has 1 atom stereocenters. The SMILES string of the molecule is CCC(C)(CC(C)(C)C(=O)OCCN1C(=O)C(C)=C(C)C1=O)C(=O)O. The third-order valence-corrected chi connectivity index (χ3v) is 4.92. The van der Waals surface area contributed by atoms with Crippen LogP contribution < -0.4 is 0 Å². The van der Waals surface area contributed by atoms with Crippen LogP contribution >= 0.6 is 0 Å².